The van der Waals surface area contributed by atoms with E-state index in [2.05, 4.69) is 41.5 Å². The maximum atomic E-state index is 10.3. The summed E-state index contributed by atoms with van der Waals surface area (Å²) in [7, 11) is 0. The van der Waals surface area contributed by atoms with Gasteiger partial charge in [0.15, 0.2) is 0 Å². The van der Waals surface area contributed by atoms with Crippen molar-refractivity contribution in [3.05, 3.63) is 23.3 Å². The van der Waals surface area contributed by atoms with Crippen molar-refractivity contribution in [3.8, 4) is 11.5 Å². The Labute approximate surface area is 162 Å². The summed E-state index contributed by atoms with van der Waals surface area (Å²) in [4.78, 5) is 0. The van der Waals surface area contributed by atoms with E-state index in [1.807, 2.05) is 0 Å². The van der Waals surface area contributed by atoms with Gasteiger partial charge in [-0.3, -0.25) is 0 Å². The third kappa shape index (κ3) is 10.1. The van der Waals surface area contributed by atoms with Gasteiger partial charge in [0.1, 0.15) is 11.5 Å². The number of hydrogen-bond donors (Lipinski definition) is 2. The number of aromatic hydroxyl groups is 2. The first kappa shape index (κ1) is 22.9. The average Bonchev–Trinajstić information content (AvgIpc) is 2.48. The van der Waals surface area contributed by atoms with E-state index in [1.54, 1.807) is 12.1 Å². The molecule has 150 valence electrons. The first-order chi connectivity index (χ1) is 12.0. The van der Waals surface area contributed by atoms with E-state index in [1.165, 1.54) is 38.5 Å². The van der Waals surface area contributed by atoms with Crippen molar-refractivity contribution in [2.45, 2.75) is 106 Å². The molecular weight excluding hydrogens is 320 g/mol. The normalized spacial score (nSPS) is 12.5. The molecule has 0 amide bonds. The molecule has 0 saturated carbocycles. The third-order valence-corrected chi connectivity index (χ3v) is 5.03. The SMILES string of the molecule is CC(C)(C)CCCCCc1cc(O)c(CCCCCC(C)(C)C)cc1O. The fourth-order valence-electron chi connectivity index (χ4n) is 3.36. The molecule has 0 radical (unpaired) electrons. The first-order valence-electron chi connectivity index (χ1n) is 10.5. The standard InChI is InChI=1S/C24H42O2/c1-23(2,3)15-11-7-9-13-19-17-22(26)20(18-21(19)25)14-10-8-12-16-24(4,5)6/h17-18,25-26H,7-16H2,1-6H3. The Kier molecular flexibility index (Phi) is 9.00. The first-order valence-corrected chi connectivity index (χ1v) is 10.5. The number of phenols is 2. The fourth-order valence-corrected chi connectivity index (χ4v) is 3.36. The zero-order valence-electron chi connectivity index (χ0n) is 18.1. The molecular formula is C24H42O2. The number of benzene rings is 1. The number of rotatable bonds is 10. The zero-order chi connectivity index (χ0) is 19.8. The van der Waals surface area contributed by atoms with Gasteiger partial charge in [0.25, 0.3) is 0 Å². The molecule has 0 heterocycles. The van der Waals surface area contributed by atoms with Crippen LogP contribution in [0.2, 0.25) is 0 Å². The second-order valence-corrected chi connectivity index (χ2v) is 10.4. The van der Waals surface area contributed by atoms with Crippen molar-refractivity contribution in [1.82, 2.24) is 0 Å². The third-order valence-electron chi connectivity index (χ3n) is 5.03. The number of hydrogen-bond acceptors (Lipinski definition) is 2. The molecule has 0 fully saturated rings. The van der Waals surface area contributed by atoms with Gasteiger partial charge in [0.05, 0.1) is 0 Å². The molecule has 0 saturated heterocycles. The Bertz CT molecular complexity index is 483. The Hall–Kier alpha value is -1.18. The summed E-state index contributed by atoms with van der Waals surface area (Å²) in [5.41, 5.74) is 2.56. The smallest absolute Gasteiger partial charge is 0.119 e. The van der Waals surface area contributed by atoms with Crippen LogP contribution in [0, 0.1) is 10.8 Å². The highest BCUT2D eigenvalue weighted by atomic mass is 16.3. The largest absolute Gasteiger partial charge is 0.508 e. The van der Waals surface area contributed by atoms with Crippen molar-refractivity contribution >= 4 is 0 Å². The summed E-state index contributed by atoms with van der Waals surface area (Å²) >= 11 is 0. The molecule has 1 aromatic carbocycles. The van der Waals surface area contributed by atoms with Gasteiger partial charge in [-0.15, -0.1) is 0 Å². The molecule has 0 aliphatic heterocycles. The molecule has 1 aromatic rings. The lowest BCUT2D eigenvalue weighted by atomic mass is 9.89. The minimum Gasteiger partial charge on any atom is -0.508 e. The summed E-state index contributed by atoms with van der Waals surface area (Å²) in [6.07, 6.45) is 11.1. The number of unbranched alkanes of at least 4 members (excludes halogenated alkanes) is 4. The zero-order valence-corrected chi connectivity index (χ0v) is 18.1. The van der Waals surface area contributed by atoms with Crippen LogP contribution in [0.1, 0.15) is 104 Å². The molecule has 1 rings (SSSR count). The lowest BCUT2D eigenvalue weighted by Gasteiger charge is -2.17. The summed E-state index contributed by atoms with van der Waals surface area (Å²) < 4.78 is 0. The summed E-state index contributed by atoms with van der Waals surface area (Å²) in [6.45, 7) is 13.7. The van der Waals surface area contributed by atoms with Gasteiger partial charge in [-0.1, -0.05) is 67.2 Å². The van der Waals surface area contributed by atoms with Crippen LogP contribution in [-0.2, 0) is 12.8 Å². The highest BCUT2D eigenvalue weighted by molar-refractivity contribution is 5.45. The Morgan fingerprint density at radius 3 is 1.23 bits per heavy atom. The predicted molar refractivity (Wildman–Crippen MR) is 113 cm³/mol. The van der Waals surface area contributed by atoms with Gasteiger partial charge in [-0.25, -0.2) is 0 Å². The van der Waals surface area contributed by atoms with Crippen molar-refractivity contribution in [3.63, 3.8) is 0 Å². The van der Waals surface area contributed by atoms with Crippen molar-refractivity contribution in [2.75, 3.05) is 0 Å². The molecule has 26 heavy (non-hydrogen) atoms. The molecule has 0 aliphatic carbocycles. The van der Waals surface area contributed by atoms with E-state index in [0.29, 0.717) is 22.3 Å². The van der Waals surface area contributed by atoms with Crippen molar-refractivity contribution in [1.29, 1.82) is 0 Å². The molecule has 2 heteroatoms. The second kappa shape index (κ2) is 10.2. The van der Waals surface area contributed by atoms with Gasteiger partial charge in [-0.05, 0) is 72.6 Å². The topological polar surface area (TPSA) is 40.5 Å². The van der Waals surface area contributed by atoms with E-state index in [-0.39, 0.29) is 0 Å². The highest BCUT2D eigenvalue weighted by Gasteiger charge is 2.12. The van der Waals surface area contributed by atoms with Gasteiger partial charge in [-0.2, -0.15) is 0 Å². The lowest BCUT2D eigenvalue weighted by molar-refractivity contribution is 0.357. The van der Waals surface area contributed by atoms with Crippen LogP contribution in [0.25, 0.3) is 0 Å². The maximum absolute atomic E-state index is 10.3. The maximum Gasteiger partial charge on any atom is 0.119 e. The molecule has 2 nitrogen and oxygen atoms in total. The Balaban J connectivity index is 2.39. The predicted octanol–water partition coefficient (Wildman–Crippen LogP) is 7.40. The van der Waals surface area contributed by atoms with Crippen LogP contribution in [0.15, 0.2) is 12.1 Å². The summed E-state index contributed by atoms with van der Waals surface area (Å²) in [6, 6.07) is 3.56. The van der Waals surface area contributed by atoms with E-state index >= 15 is 0 Å². The van der Waals surface area contributed by atoms with Crippen LogP contribution in [0.5, 0.6) is 11.5 Å². The second-order valence-electron chi connectivity index (χ2n) is 10.4. The average molecular weight is 363 g/mol. The van der Waals surface area contributed by atoms with Gasteiger partial charge >= 0.3 is 0 Å². The number of aryl methyl sites for hydroxylation is 2. The minimum atomic E-state index is 0.350. The molecule has 2 N–H and O–H groups in total. The van der Waals surface area contributed by atoms with E-state index in [4.69, 9.17) is 0 Å². The molecule has 0 unspecified atom stereocenters. The monoisotopic (exact) mass is 362 g/mol. The number of phenolic OH excluding ortho intramolecular Hbond substituents is 2. The van der Waals surface area contributed by atoms with E-state index in [0.717, 1.165) is 36.8 Å². The van der Waals surface area contributed by atoms with Crippen LogP contribution >= 0.6 is 0 Å². The van der Waals surface area contributed by atoms with Crippen molar-refractivity contribution in [2.24, 2.45) is 10.8 Å². The quantitative estimate of drug-likeness (QED) is 0.336. The van der Waals surface area contributed by atoms with Gasteiger partial charge in [0.2, 0.25) is 0 Å². The molecule has 0 aromatic heterocycles. The molecule has 0 atom stereocenters. The van der Waals surface area contributed by atoms with Crippen LogP contribution in [0.3, 0.4) is 0 Å². The Morgan fingerprint density at radius 1 is 0.577 bits per heavy atom. The van der Waals surface area contributed by atoms with E-state index < -0.39 is 0 Å². The van der Waals surface area contributed by atoms with Crippen LogP contribution in [-0.4, -0.2) is 10.2 Å². The molecule has 0 bridgehead atoms. The minimum absolute atomic E-state index is 0.350. The lowest BCUT2D eigenvalue weighted by Crippen LogP contribution is -2.04. The fraction of sp³-hybridized carbons (Fsp3) is 0.750. The molecule has 0 spiro atoms. The molecule has 0 aliphatic rings. The summed E-state index contributed by atoms with van der Waals surface area (Å²) in [5, 5.41) is 20.6. The van der Waals surface area contributed by atoms with Crippen molar-refractivity contribution < 1.29 is 10.2 Å². The van der Waals surface area contributed by atoms with Crippen LogP contribution < -0.4 is 0 Å². The van der Waals surface area contributed by atoms with Gasteiger partial charge in [0, 0.05) is 0 Å². The van der Waals surface area contributed by atoms with E-state index in [9.17, 15) is 10.2 Å². The van der Waals surface area contributed by atoms with Crippen LogP contribution in [0.4, 0.5) is 0 Å². The van der Waals surface area contributed by atoms with Gasteiger partial charge < -0.3 is 10.2 Å². The summed E-state index contributed by atoms with van der Waals surface area (Å²) in [5.74, 6) is 0.701. The Morgan fingerprint density at radius 2 is 0.923 bits per heavy atom. The highest BCUT2D eigenvalue weighted by Crippen LogP contribution is 2.31.